The average Bonchev–Trinajstić information content (AvgIpc) is 3.81. The van der Waals surface area contributed by atoms with Crippen LogP contribution in [0.1, 0.15) is 80.2 Å². The third-order valence-corrected chi connectivity index (χ3v) is 8.25. The smallest absolute Gasteiger partial charge is 0.272 e. The van der Waals surface area contributed by atoms with Crippen molar-refractivity contribution in [2.24, 2.45) is 0 Å². The number of rotatable bonds is 13. The molecule has 2 aromatic heterocycles. The molecule has 1 saturated carbocycles. The standard InChI is InChI=1S/C31H42N6O5/c1-40-26-11-8-12-27(41-2)30(26)25-20-24(35-37(25)23-9-4-5-10-23)31(39)34-22(13-17-36-15-6-3-7-16-36)19-28(38)33-21-29-32-14-18-42-29/h8,11-12,14,18,20,22-23H,3-7,9-10,13,15-17,19,21H2,1-2H3,(H,33,38)(H,34,39)/t22-/m0/s1. The van der Waals surface area contributed by atoms with Crippen LogP contribution in [0.25, 0.3) is 11.3 Å². The fourth-order valence-corrected chi connectivity index (χ4v) is 6.04. The highest BCUT2D eigenvalue weighted by Gasteiger charge is 2.28. The number of likely N-dealkylation sites (tertiary alicyclic amines) is 1. The van der Waals surface area contributed by atoms with Crippen LogP contribution >= 0.6 is 0 Å². The number of hydrogen-bond donors (Lipinski definition) is 2. The van der Waals surface area contributed by atoms with Gasteiger partial charge in [-0.2, -0.15) is 5.10 Å². The number of hydrogen-bond acceptors (Lipinski definition) is 8. The predicted molar refractivity (Wildman–Crippen MR) is 157 cm³/mol. The molecular weight excluding hydrogens is 536 g/mol. The van der Waals surface area contributed by atoms with Crippen molar-refractivity contribution in [3.63, 3.8) is 0 Å². The van der Waals surface area contributed by atoms with Crippen LogP contribution in [0.5, 0.6) is 11.5 Å². The van der Waals surface area contributed by atoms with Gasteiger partial charge in [-0.05, 0) is 63.4 Å². The van der Waals surface area contributed by atoms with E-state index in [2.05, 4.69) is 20.5 Å². The first-order chi connectivity index (χ1) is 20.6. The Balaban J connectivity index is 1.36. The Bertz CT molecular complexity index is 1290. The van der Waals surface area contributed by atoms with Crippen LogP contribution in [0.15, 0.2) is 41.1 Å². The average molecular weight is 579 g/mol. The number of piperidine rings is 1. The monoisotopic (exact) mass is 578 g/mol. The largest absolute Gasteiger partial charge is 0.496 e. The molecule has 0 bridgehead atoms. The van der Waals surface area contributed by atoms with Gasteiger partial charge >= 0.3 is 0 Å². The molecule has 1 aliphatic carbocycles. The Morgan fingerprint density at radius 2 is 1.81 bits per heavy atom. The zero-order valence-electron chi connectivity index (χ0n) is 24.6. The van der Waals surface area contributed by atoms with Crippen molar-refractivity contribution in [2.45, 2.75) is 76.4 Å². The van der Waals surface area contributed by atoms with E-state index in [9.17, 15) is 9.59 Å². The Hall–Kier alpha value is -3.86. The number of nitrogens with one attached hydrogen (secondary N) is 2. The Morgan fingerprint density at radius 1 is 1.07 bits per heavy atom. The summed E-state index contributed by atoms with van der Waals surface area (Å²) in [6.07, 6.45) is 11.7. The number of methoxy groups -OCH3 is 2. The number of amides is 2. The van der Waals surface area contributed by atoms with E-state index in [0.717, 1.165) is 56.6 Å². The van der Waals surface area contributed by atoms with Gasteiger partial charge in [0.25, 0.3) is 5.91 Å². The molecule has 5 rings (SSSR count). The summed E-state index contributed by atoms with van der Waals surface area (Å²) < 4.78 is 18.6. The van der Waals surface area contributed by atoms with Gasteiger partial charge < -0.3 is 29.4 Å². The van der Waals surface area contributed by atoms with Crippen molar-refractivity contribution in [1.82, 2.24) is 30.3 Å². The zero-order chi connectivity index (χ0) is 29.3. The topological polar surface area (TPSA) is 124 Å². The fourth-order valence-electron chi connectivity index (χ4n) is 6.04. The molecule has 0 spiro atoms. The first kappa shape index (κ1) is 29.6. The van der Waals surface area contributed by atoms with Gasteiger partial charge in [0.05, 0.1) is 44.3 Å². The summed E-state index contributed by atoms with van der Waals surface area (Å²) >= 11 is 0. The summed E-state index contributed by atoms with van der Waals surface area (Å²) in [4.78, 5) is 33.1. The van der Waals surface area contributed by atoms with E-state index >= 15 is 0 Å². The molecule has 42 heavy (non-hydrogen) atoms. The number of aromatic nitrogens is 3. The van der Waals surface area contributed by atoms with E-state index in [-0.39, 0.29) is 36.9 Å². The predicted octanol–water partition coefficient (Wildman–Crippen LogP) is 4.35. The van der Waals surface area contributed by atoms with Gasteiger partial charge in [0.15, 0.2) is 5.69 Å². The number of carbonyl (C=O) groups is 2. The molecule has 0 unspecified atom stereocenters. The highest BCUT2D eigenvalue weighted by Crippen LogP contribution is 2.41. The molecule has 3 aromatic rings. The van der Waals surface area contributed by atoms with Crippen molar-refractivity contribution in [3.05, 3.63) is 48.3 Å². The summed E-state index contributed by atoms with van der Waals surface area (Å²) in [6, 6.07) is 7.30. The molecule has 1 atom stereocenters. The molecule has 1 saturated heterocycles. The van der Waals surface area contributed by atoms with E-state index in [1.54, 1.807) is 20.4 Å². The summed E-state index contributed by atoms with van der Waals surface area (Å²) in [7, 11) is 3.25. The first-order valence-corrected chi connectivity index (χ1v) is 15.0. The van der Waals surface area contributed by atoms with Crippen LogP contribution in [-0.2, 0) is 11.3 Å². The van der Waals surface area contributed by atoms with Gasteiger partial charge in [-0.15, -0.1) is 0 Å². The third-order valence-electron chi connectivity index (χ3n) is 8.25. The minimum absolute atomic E-state index is 0.150. The van der Waals surface area contributed by atoms with Gasteiger partial charge in [0.1, 0.15) is 17.8 Å². The number of nitrogens with zero attached hydrogens (tertiary/aromatic N) is 4. The number of benzene rings is 1. The minimum Gasteiger partial charge on any atom is -0.496 e. The lowest BCUT2D eigenvalue weighted by atomic mass is 10.1. The van der Waals surface area contributed by atoms with Gasteiger partial charge in [-0.3, -0.25) is 14.3 Å². The van der Waals surface area contributed by atoms with Crippen molar-refractivity contribution >= 4 is 11.8 Å². The second-order valence-corrected chi connectivity index (χ2v) is 11.1. The SMILES string of the molecule is COc1cccc(OC)c1-c1cc(C(=O)N[C@@H](CCN2CCCCC2)CC(=O)NCc2ncco2)nn1C1CCCC1. The van der Waals surface area contributed by atoms with Crippen LogP contribution < -0.4 is 20.1 Å². The third kappa shape index (κ3) is 7.31. The van der Waals surface area contributed by atoms with Gasteiger partial charge in [0, 0.05) is 19.0 Å². The van der Waals surface area contributed by atoms with Crippen LogP contribution in [0.4, 0.5) is 0 Å². The molecular formula is C31H42N6O5. The van der Waals surface area contributed by atoms with Crippen LogP contribution in [0.3, 0.4) is 0 Å². The zero-order valence-corrected chi connectivity index (χ0v) is 24.6. The van der Waals surface area contributed by atoms with Crippen molar-refractivity contribution < 1.29 is 23.5 Å². The maximum absolute atomic E-state index is 13.7. The minimum atomic E-state index is -0.357. The van der Waals surface area contributed by atoms with Crippen LogP contribution in [-0.4, -0.2) is 71.4 Å². The Labute approximate surface area is 246 Å². The molecule has 1 aliphatic heterocycles. The summed E-state index contributed by atoms with van der Waals surface area (Å²) in [5.41, 5.74) is 1.87. The number of ether oxygens (including phenoxy) is 2. The summed E-state index contributed by atoms with van der Waals surface area (Å²) in [6.45, 7) is 3.12. The van der Waals surface area contributed by atoms with E-state index < -0.39 is 0 Å². The van der Waals surface area contributed by atoms with Crippen LogP contribution in [0.2, 0.25) is 0 Å². The quantitative estimate of drug-likeness (QED) is 0.307. The maximum Gasteiger partial charge on any atom is 0.272 e. The second-order valence-electron chi connectivity index (χ2n) is 11.1. The maximum atomic E-state index is 13.7. The van der Waals surface area contributed by atoms with Gasteiger partial charge in [-0.25, -0.2) is 4.98 Å². The lowest BCUT2D eigenvalue weighted by Gasteiger charge is -2.28. The Kier molecular flexibility index (Phi) is 10.1. The lowest BCUT2D eigenvalue weighted by Crippen LogP contribution is -2.42. The highest BCUT2D eigenvalue weighted by molar-refractivity contribution is 5.94. The lowest BCUT2D eigenvalue weighted by molar-refractivity contribution is -0.121. The molecule has 2 aliphatic rings. The van der Waals surface area contributed by atoms with E-state index in [1.807, 2.05) is 28.9 Å². The summed E-state index contributed by atoms with van der Waals surface area (Å²) in [5.74, 6) is 1.28. The molecule has 3 heterocycles. The van der Waals surface area contributed by atoms with E-state index in [1.165, 1.54) is 25.5 Å². The van der Waals surface area contributed by atoms with Gasteiger partial charge in [-0.1, -0.05) is 25.3 Å². The van der Waals surface area contributed by atoms with E-state index in [4.69, 9.17) is 19.0 Å². The first-order valence-electron chi connectivity index (χ1n) is 15.0. The molecule has 11 heteroatoms. The Morgan fingerprint density at radius 3 is 2.48 bits per heavy atom. The normalized spacial score (nSPS) is 16.7. The molecule has 2 amide bonds. The summed E-state index contributed by atoms with van der Waals surface area (Å²) in [5, 5.41) is 10.8. The molecule has 11 nitrogen and oxygen atoms in total. The second kappa shape index (κ2) is 14.4. The molecule has 2 N–H and O–H groups in total. The molecule has 2 fully saturated rings. The molecule has 0 radical (unpaired) electrons. The van der Waals surface area contributed by atoms with Crippen molar-refractivity contribution in [1.29, 1.82) is 0 Å². The molecule has 1 aromatic carbocycles. The van der Waals surface area contributed by atoms with Gasteiger partial charge in [0.2, 0.25) is 11.8 Å². The van der Waals surface area contributed by atoms with E-state index in [0.29, 0.717) is 29.5 Å². The van der Waals surface area contributed by atoms with Crippen LogP contribution in [0, 0.1) is 0 Å². The fraction of sp³-hybridized carbons (Fsp3) is 0.548. The molecule has 226 valence electrons. The highest BCUT2D eigenvalue weighted by atomic mass is 16.5. The number of carbonyl (C=O) groups excluding carboxylic acids is 2. The van der Waals surface area contributed by atoms with Crippen molar-refractivity contribution in [3.8, 4) is 22.8 Å². The van der Waals surface area contributed by atoms with Crippen molar-refractivity contribution in [2.75, 3.05) is 33.9 Å². The number of oxazole rings is 1.